The number of ether oxygens (including phenoxy) is 8. The predicted octanol–water partition coefficient (Wildman–Crippen LogP) is 0.143. The van der Waals surface area contributed by atoms with Gasteiger partial charge in [-0.15, -0.1) is 0 Å². The normalized spacial score (nSPS) is 33.6. The van der Waals surface area contributed by atoms with Crippen LogP contribution in [0.25, 0.3) is 0 Å². The quantitative estimate of drug-likeness (QED) is 0.0269. The van der Waals surface area contributed by atoms with E-state index >= 15 is 0 Å². The average molecular weight is 1350 g/mol. The fourth-order valence-electron chi connectivity index (χ4n) is 15.1. The highest BCUT2D eigenvalue weighted by atomic mass is 16.7. The van der Waals surface area contributed by atoms with Crippen molar-refractivity contribution in [1.29, 1.82) is 0 Å². The third kappa shape index (κ3) is 19.1. The van der Waals surface area contributed by atoms with Gasteiger partial charge in [0.2, 0.25) is 35.8 Å². The van der Waals surface area contributed by atoms with Crippen LogP contribution in [0.4, 0.5) is 0 Å². The molecule has 10 aliphatic rings. The molecule has 528 valence electrons. The molecule has 1 unspecified atom stereocenters. The lowest BCUT2D eigenvalue weighted by molar-refractivity contribution is -0.369. The van der Waals surface area contributed by atoms with Gasteiger partial charge >= 0.3 is 0 Å². The van der Waals surface area contributed by atoms with E-state index in [9.17, 15) is 63.6 Å². The minimum absolute atomic E-state index is 0.00503. The first-order chi connectivity index (χ1) is 46.1. The molecule has 1 aromatic carbocycles. The van der Waals surface area contributed by atoms with Crippen molar-refractivity contribution in [2.45, 2.75) is 232 Å². The molecule has 10 N–H and O–H groups in total. The minimum Gasteiger partial charge on any atom is -0.393 e. The first-order valence-corrected chi connectivity index (χ1v) is 34.0. The summed E-state index contributed by atoms with van der Waals surface area (Å²) in [4.78, 5) is 116. The summed E-state index contributed by atoms with van der Waals surface area (Å²) >= 11 is 0. The van der Waals surface area contributed by atoms with Crippen molar-refractivity contribution in [3.63, 3.8) is 0 Å². The summed E-state index contributed by atoms with van der Waals surface area (Å²) < 4.78 is 51.5. The standard InChI is InChI=1S/C68H95N7O21/c1-37-13-14-42-15-17-50-38(2)24-44(92-50)21-22-68(88)31-49(78)45-29-47-61(45)95-51-18-16-43(93-64(51)63(47)96-68)26-40(76)27-46-53(30-52(37)91-42)94-54(62(46)89-3)28-41(77)32-71-66(86)67(87)90-36-73-57(81)34-72-65(85)48(25-39-10-6-4-7-11-39)74-58(82)35-70-56(80)33-69-55(79)12-8-5-9-23-75-59(83)19-20-60(75)84/h4,6-7,10-11,19-20,41-54,61-64,67,77-78,87-88H,1-2,5,8-9,12-18,21-36H2,3H3,(H,69,79)(H,70,80)(H,71,86)(H,72,85)(H,73,81)(H,74,82)/t41-,42+,43+,44-,45-,46-,47+,48-,49+,50-,51?,52+,53-,54+,61-,62+,63+,64-,67-,68-/m0/s1. The highest BCUT2D eigenvalue weighted by Crippen LogP contribution is 2.54. The van der Waals surface area contributed by atoms with Crippen molar-refractivity contribution in [2.75, 3.05) is 46.6 Å². The number of unbranched alkanes of at least 4 members (excludes halogenated alkanes) is 2. The van der Waals surface area contributed by atoms with Gasteiger partial charge in [-0.3, -0.25) is 48.1 Å². The highest BCUT2D eigenvalue weighted by molar-refractivity contribution is 6.12. The topological polar surface area (TPSA) is 384 Å². The molecule has 0 aromatic heterocycles. The molecule has 11 bridgehead atoms. The van der Waals surface area contributed by atoms with E-state index in [-0.39, 0.29) is 118 Å². The number of methoxy groups -OCH3 is 1. The van der Waals surface area contributed by atoms with Crippen LogP contribution in [0.15, 0.2) is 66.8 Å². The minimum atomic E-state index is -2.10. The Labute approximate surface area is 558 Å². The largest absolute Gasteiger partial charge is 0.393 e. The van der Waals surface area contributed by atoms with Crippen LogP contribution in [0.5, 0.6) is 0 Å². The number of hydrogen-bond acceptors (Lipinski definition) is 21. The summed E-state index contributed by atoms with van der Waals surface area (Å²) in [6, 6.07) is 7.48. The maximum Gasteiger partial charge on any atom is 0.276 e. The monoisotopic (exact) mass is 1350 g/mol. The first kappa shape index (κ1) is 72.3. The zero-order valence-corrected chi connectivity index (χ0v) is 54.5. The van der Waals surface area contributed by atoms with Gasteiger partial charge in [0.25, 0.3) is 17.7 Å². The van der Waals surface area contributed by atoms with Crippen molar-refractivity contribution in [2.24, 2.45) is 17.8 Å². The number of ketones is 1. The van der Waals surface area contributed by atoms with E-state index < -0.39 is 141 Å². The second-order valence-corrected chi connectivity index (χ2v) is 27.2. The van der Waals surface area contributed by atoms with Gasteiger partial charge in [0.15, 0.2) is 5.79 Å². The summed E-state index contributed by atoms with van der Waals surface area (Å²) in [6.45, 7) is 6.38. The zero-order chi connectivity index (χ0) is 68.2. The fraction of sp³-hybridized carbons (Fsp3) is 0.691. The summed E-state index contributed by atoms with van der Waals surface area (Å²) in [5.41, 5.74) is 2.55. The zero-order valence-electron chi connectivity index (χ0n) is 54.5. The number of aliphatic hydroxyl groups is 4. The number of rotatable bonds is 25. The van der Waals surface area contributed by atoms with Crippen molar-refractivity contribution in [3.05, 3.63) is 72.4 Å². The lowest BCUT2D eigenvalue weighted by atomic mass is 9.61. The number of fused-ring (bicyclic) bond motifs is 7. The number of carbonyl (C=O) groups is 9. The van der Waals surface area contributed by atoms with Gasteiger partial charge in [-0.05, 0) is 87.3 Å². The molecule has 0 radical (unpaired) electrons. The lowest BCUT2D eigenvalue weighted by Gasteiger charge is -2.61. The third-order valence-corrected chi connectivity index (χ3v) is 20.3. The van der Waals surface area contributed by atoms with Gasteiger partial charge in [-0.1, -0.05) is 49.9 Å². The van der Waals surface area contributed by atoms with Crippen LogP contribution in [0.2, 0.25) is 0 Å². The molecule has 9 aliphatic heterocycles. The smallest absolute Gasteiger partial charge is 0.276 e. The number of imide groups is 1. The van der Waals surface area contributed by atoms with E-state index in [4.69, 9.17) is 37.9 Å². The average Bonchev–Trinajstić information content (AvgIpc) is 1.16. The molecule has 28 heteroatoms. The van der Waals surface area contributed by atoms with Gasteiger partial charge in [0.1, 0.15) is 24.7 Å². The van der Waals surface area contributed by atoms with E-state index in [1.807, 2.05) is 0 Å². The Bertz CT molecular complexity index is 2990. The highest BCUT2D eigenvalue weighted by Gasteiger charge is 2.62. The van der Waals surface area contributed by atoms with Crippen LogP contribution in [-0.2, 0) is 87.5 Å². The van der Waals surface area contributed by atoms with Gasteiger partial charge in [-0.25, -0.2) is 0 Å². The molecular formula is C68H95N7O21. The summed E-state index contributed by atoms with van der Waals surface area (Å²) in [7, 11) is 1.52. The van der Waals surface area contributed by atoms with Crippen LogP contribution in [-0.4, -0.2) is 229 Å². The molecule has 9 heterocycles. The maximum absolute atomic E-state index is 14.4. The van der Waals surface area contributed by atoms with Crippen LogP contribution in [0, 0.1) is 17.8 Å². The van der Waals surface area contributed by atoms with E-state index in [1.165, 1.54) is 19.3 Å². The summed E-state index contributed by atoms with van der Waals surface area (Å²) in [6.07, 6.45) is 1.48. The molecule has 1 aliphatic carbocycles. The Morgan fingerprint density at radius 2 is 1.40 bits per heavy atom. The fourth-order valence-corrected chi connectivity index (χ4v) is 15.1. The second kappa shape index (κ2) is 33.4. The van der Waals surface area contributed by atoms with E-state index in [1.54, 1.807) is 30.3 Å². The third-order valence-electron chi connectivity index (χ3n) is 20.3. The molecule has 28 nitrogen and oxygen atoms in total. The number of nitrogens with one attached hydrogen (secondary N) is 6. The number of carbonyl (C=O) groups excluding carboxylic acids is 9. The summed E-state index contributed by atoms with van der Waals surface area (Å²) in [5.74, 6) is -7.58. The van der Waals surface area contributed by atoms with E-state index in [2.05, 4.69) is 45.1 Å². The molecule has 96 heavy (non-hydrogen) atoms. The number of benzene rings is 1. The molecule has 9 fully saturated rings. The van der Waals surface area contributed by atoms with Crippen molar-refractivity contribution in [3.8, 4) is 0 Å². The number of amides is 8. The number of Topliss-reactive ketones (excluding diaryl/α,β-unsaturated/α-hetero) is 1. The van der Waals surface area contributed by atoms with Crippen molar-refractivity contribution >= 4 is 53.0 Å². The first-order valence-electron chi connectivity index (χ1n) is 34.0. The van der Waals surface area contributed by atoms with Crippen LogP contribution in [0.3, 0.4) is 0 Å². The van der Waals surface area contributed by atoms with Crippen molar-refractivity contribution < 1.29 is 101 Å². The number of nitrogens with zero attached hydrogens (tertiary/aromatic N) is 1. The Balaban J connectivity index is 0.673. The molecule has 8 amide bonds. The lowest BCUT2D eigenvalue weighted by Crippen LogP contribution is -2.70. The van der Waals surface area contributed by atoms with Gasteiger partial charge in [0, 0.05) is 101 Å². The molecule has 0 spiro atoms. The van der Waals surface area contributed by atoms with E-state index in [0.717, 1.165) is 22.5 Å². The SMILES string of the molecule is C=C1C[C@@H]2CC[C@@]3(O)C[C@@H](O)[C@@H]4C[C@@H]5[C@H]4OC4CC[C@H](CC(=O)C[C@@H]6[C@@H](OC)[C@@H](C[C@H](O)CNC(=O)[C@@H](O)OCNC(=O)CNC(=O)[C@H](Cc7ccccc7)NC(=O)CNC(=O)CNC(=O)CCCCCN7C(=O)C=CC7=O)O[C@H]6C[C@H]6O[C@H](CCC6=C)CC[C@@H]1O2)O[C@@H]4[C@@H]5O3. The number of aliphatic hydroxyl groups excluding tert-OH is 3. The molecule has 8 saturated heterocycles. The molecule has 1 saturated carbocycles. The maximum atomic E-state index is 14.4. The Kier molecular flexibility index (Phi) is 25.2. The molecule has 1 aromatic rings. The van der Waals surface area contributed by atoms with Crippen LogP contribution < -0.4 is 31.9 Å². The Morgan fingerprint density at radius 3 is 2.18 bits per heavy atom. The van der Waals surface area contributed by atoms with Gasteiger partial charge in [-0.2, -0.15) is 0 Å². The van der Waals surface area contributed by atoms with Gasteiger partial charge in [0.05, 0.1) is 99.0 Å². The summed E-state index contributed by atoms with van der Waals surface area (Å²) in [5, 5.41) is 60.2. The predicted molar refractivity (Wildman–Crippen MR) is 337 cm³/mol. The van der Waals surface area contributed by atoms with Crippen molar-refractivity contribution in [1.82, 2.24) is 36.8 Å². The molecule has 11 rings (SSSR count). The Hall–Kier alpha value is -6.41. The van der Waals surface area contributed by atoms with Crippen LogP contribution in [0.1, 0.15) is 128 Å². The van der Waals surface area contributed by atoms with Gasteiger partial charge < -0.3 is 90.2 Å². The van der Waals surface area contributed by atoms with Crippen LogP contribution >= 0.6 is 0 Å². The second-order valence-electron chi connectivity index (χ2n) is 27.2. The molecule has 20 atom stereocenters. The molecular weight excluding hydrogens is 1250 g/mol. The Morgan fingerprint density at radius 1 is 0.677 bits per heavy atom. The number of hydrogen-bond donors (Lipinski definition) is 10. The van der Waals surface area contributed by atoms with E-state index in [0.29, 0.717) is 82.6 Å².